The molecule has 0 bridgehead atoms. The van der Waals surface area contributed by atoms with Crippen LogP contribution in [0.1, 0.15) is 10.4 Å². The maximum atomic E-state index is 12.4. The number of carbonyl (C=O) groups excluding carboxylic acids is 3. The summed E-state index contributed by atoms with van der Waals surface area (Å²) in [5.41, 5.74) is 0.679. The third kappa shape index (κ3) is 6.12. The summed E-state index contributed by atoms with van der Waals surface area (Å²) >= 11 is 0. The van der Waals surface area contributed by atoms with Gasteiger partial charge in [-0.25, -0.2) is 0 Å². The van der Waals surface area contributed by atoms with E-state index >= 15 is 0 Å². The van der Waals surface area contributed by atoms with Crippen molar-refractivity contribution in [1.82, 2.24) is 5.32 Å². The zero-order valence-corrected chi connectivity index (χ0v) is 17.9. The van der Waals surface area contributed by atoms with Crippen molar-refractivity contribution in [3.63, 3.8) is 0 Å². The summed E-state index contributed by atoms with van der Waals surface area (Å²) in [5, 5.41) is 11.4. The minimum Gasteiger partial charge on any atom is -0.493 e. The van der Waals surface area contributed by atoms with E-state index in [0.717, 1.165) is 0 Å². The fraction of sp³-hybridized carbons (Fsp3) is 0.273. The molecule has 0 saturated heterocycles. The SMILES string of the molecule is COc1cc(C(=O)NCC(=O)OCC(=O)N(CC#N)c2ccccc2)cc(OC)c1OC. The molecular weight excluding hydrogens is 418 g/mol. The van der Waals surface area contributed by atoms with Gasteiger partial charge in [-0.2, -0.15) is 5.26 Å². The molecule has 0 saturated carbocycles. The Bertz CT molecular complexity index is 977. The number of carbonyl (C=O) groups is 3. The Kier molecular flexibility index (Phi) is 8.86. The molecule has 0 aliphatic carbocycles. The van der Waals surface area contributed by atoms with Gasteiger partial charge in [-0.1, -0.05) is 18.2 Å². The first-order valence-electron chi connectivity index (χ1n) is 9.41. The second kappa shape index (κ2) is 11.8. The van der Waals surface area contributed by atoms with Crippen molar-refractivity contribution in [2.75, 3.05) is 45.9 Å². The number of esters is 1. The zero-order valence-electron chi connectivity index (χ0n) is 17.9. The Labute approximate surface area is 185 Å². The number of benzene rings is 2. The molecule has 0 radical (unpaired) electrons. The smallest absolute Gasteiger partial charge is 0.325 e. The third-order valence-electron chi connectivity index (χ3n) is 4.27. The van der Waals surface area contributed by atoms with Gasteiger partial charge in [0.15, 0.2) is 18.1 Å². The van der Waals surface area contributed by atoms with Crippen molar-refractivity contribution in [1.29, 1.82) is 5.26 Å². The lowest BCUT2D eigenvalue weighted by Crippen LogP contribution is -2.37. The van der Waals surface area contributed by atoms with Gasteiger partial charge in [-0.05, 0) is 24.3 Å². The van der Waals surface area contributed by atoms with Gasteiger partial charge in [0.2, 0.25) is 5.75 Å². The van der Waals surface area contributed by atoms with Crippen LogP contribution in [-0.4, -0.2) is 58.8 Å². The molecule has 10 nitrogen and oxygen atoms in total. The van der Waals surface area contributed by atoms with Crippen LogP contribution < -0.4 is 24.4 Å². The number of hydrogen-bond donors (Lipinski definition) is 1. The molecule has 0 aliphatic heterocycles. The molecule has 2 aromatic carbocycles. The first-order valence-corrected chi connectivity index (χ1v) is 9.41. The van der Waals surface area contributed by atoms with Gasteiger partial charge in [-0.3, -0.25) is 19.3 Å². The van der Waals surface area contributed by atoms with E-state index in [4.69, 9.17) is 24.2 Å². The number of amides is 2. The predicted octanol–water partition coefficient (Wildman–Crippen LogP) is 1.54. The van der Waals surface area contributed by atoms with Crippen LogP contribution >= 0.6 is 0 Å². The van der Waals surface area contributed by atoms with Crippen molar-refractivity contribution < 1.29 is 33.3 Å². The summed E-state index contributed by atoms with van der Waals surface area (Å²) in [7, 11) is 4.27. The summed E-state index contributed by atoms with van der Waals surface area (Å²) in [4.78, 5) is 38.0. The number of methoxy groups -OCH3 is 3. The molecule has 0 unspecified atom stereocenters. The maximum Gasteiger partial charge on any atom is 0.325 e. The molecule has 10 heteroatoms. The Morgan fingerprint density at radius 2 is 1.62 bits per heavy atom. The highest BCUT2D eigenvalue weighted by molar-refractivity contribution is 5.98. The van der Waals surface area contributed by atoms with Crippen molar-refractivity contribution in [3.05, 3.63) is 48.0 Å². The number of hydrogen-bond acceptors (Lipinski definition) is 8. The standard InChI is InChI=1S/C22H23N3O7/c1-29-17-11-15(12-18(30-2)21(17)31-3)22(28)24-13-20(27)32-14-19(26)25(10-9-23)16-7-5-4-6-8-16/h4-8,11-12H,10,13-14H2,1-3H3,(H,24,28). The largest absolute Gasteiger partial charge is 0.493 e. The Balaban J connectivity index is 1.94. The Hall–Kier alpha value is -4.26. The minimum atomic E-state index is -0.816. The molecule has 0 spiro atoms. The van der Waals surface area contributed by atoms with Gasteiger partial charge < -0.3 is 24.3 Å². The number of anilines is 1. The van der Waals surface area contributed by atoms with Crippen molar-refractivity contribution in [2.45, 2.75) is 0 Å². The molecule has 2 rings (SSSR count). The van der Waals surface area contributed by atoms with E-state index in [2.05, 4.69) is 5.32 Å². The summed E-state index contributed by atoms with van der Waals surface area (Å²) in [6.07, 6.45) is 0. The molecular formula is C22H23N3O7. The predicted molar refractivity (Wildman–Crippen MR) is 114 cm³/mol. The quantitative estimate of drug-likeness (QED) is 0.435. The number of para-hydroxylation sites is 1. The fourth-order valence-electron chi connectivity index (χ4n) is 2.74. The van der Waals surface area contributed by atoms with Crippen LogP contribution in [0.15, 0.2) is 42.5 Å². The van der Waals surface area contributed by atoms with E-state index in [1.807, 2.05) is 6.07 Å². The van der Waals surface area contributed by atoms with Crippen LogP contribution in [0.25, 0.3) is 0 Å². The Morgan fingerprint density at radius 3 is 2.16 bits per heavy atom. The van der Waals surface area contributed by atoms with Crippen LogP contribution in [0.5, 0.6) is 17.2 Å². The fourth-order valence-corrected chi connectivity index (χ4v) is 2.74. The van der Waals surface area contributed by atoms with Crippen LogP contribution in [0.4, 0.5) is 5.69 Å². The highest BCUT2D eigenvalue weighted by Crippen LogP contribution is 2.38. The monoisotopic (exact) mass is 441 g/mol. The number of nitrogens with zero attached hydrogens (tertiary/aromatic N) is 2. The van der Waals surface area contributed by atoms with Gasteiger partial charge in [0.25, 0.3) is 11.8 Å². The number of nitriles is 1. The average Bonchev–Trinajstić information content (AvgIpc) is 2.83. The van der Waals surface area contributed by atoms with E-state index in [9.17, 15) is 14.4 Å². The molecule has 0 fully saturated rings. The molecule has 0 aliphatic rings. The maximum absolute atomic E-state index is 12.4. The lowest BCUT2D eigenvalue weighted by Gasteiger charge is -2.19. The second-order valence-corrected chi connectivity index (χ2v) is 6.23. The van der Waals surface area contributed by atoms with Crippen LogP contribution in [-0.2, 0) is 14.3 Å². The van der Waals surface area contributed by atoms with E-state index in [1.54, 1.807) is 30.3 Å². The third-order valence-corrected chi connectivity index (χ3v) is 4.27. The van der Waals surface area contributed by atoms with Crippen LogP contribution in [0.2, 0.25) is 0 Å². The molecule has 0 atom stereocenters. The molecule has 2 amide bonds. The highest BCUT2D eigenvalue weighted by atomic mass is 16.5. The minimum absolute atomic E-state index is 0.174. The van der Waals surface area contributed by atoms with Crippen LogP contribution in [0, 0.1) is 11.3 Å². The van der Waals surface area contributed by atoms with Crippen molar-refractivity contribution in [2.24, 2.45) is 0 Å². The molecule has 2 aromatic rings. The van der Waals surface area contributed by atoms with Crippen molar-refractivity contribution >= 4 is 23.5 Å². The van der Waals surface area contributed by atoms with E-state index in [1.165, 1.54) is 38.4 Å². The molecule has 168 valence electrons. The topological polar surface area (TPSA) is 127 Å². The van der Waals surface area contributed by atoms with Gasteiger partial charge in [-0.15, -0.1) is 0 Å². The molecule has 32 heavy (non-hydrogen) atoms. The van der Waals surface area contributed by atoms with Crippen molar-refractivity contribution in [3.8, 4) is 23.3 Å². The lowest BCUT2D eigenvalue weighted by atomic mass is 10.1. The molecule has 0 heterocycles. The van der Waals surface area contributed by atoms with Crippen LogP contribution in [0.3, 0.4) is 0 Å². The summed E-state index contributed by atoms with van der Waals surface area (Å²) in [5.74, 6) is -1.08. The van der Waals surface area contributed by atoms with E-state index in [0.29, 0.717) is 11.4 Å². The van der Waals surface area contributed by atoms with Gasteiger partial charge >= 0.3 is 5.97 Å². The number of rotatable bonds is 10. The van der Waals surface area contributed by atoms with Gasteiger partial charge in [0.1, 0.15) is 13.1 Å². The average molecular weight is 441 g/mol. The Morgan fingerprint density at radius 1 is 1.00 bits per heavy atom. The summed E-state index contributed by atoms with van der Waals surface area (Å²) < 4.78 is 20.5. The highest BCUT2D eigenvalue weighted by Gasteiger charge is 2.19. The first-order chi connectivity index (χ1) is 15.4. The molecule has 1 N–H and O–H groups in total. The number of ether oxygens (including phenoxy) is 4. The summed E-state index contributed by atoms with van der Waals surface area (Å²) in [6, 6.07) is 13.3. The van der Waals surface area contributed by atoms with Gasteiger partial charge in [0, 0.05) is 11.3 Å². The molecule has 0 aromatic heterocycles. The van der Waals surface area contributed by atoms with E-state index in [-0.39, 0.29) is 23.6 Å². The number of nitrogens with one attached hydrogen (secondary N) is 1. The summed E-state index contributed by atoms with van der Waals surface area (Å²) in [6.45, 7) is -1.24. The first kappa shape index (κ1) is 24.0. The second-order valence-electron chi connectivity index (χ2n) is 6.23. The zero-order chi connectivity index (χ0) is 23.5. The van der Waals surface area contributed by atoms with E-state index < -0.39 is 30.9 Å². The van der Waals surface area contributed by atoms with Gasteiger partial charge in [0.05, 0.1) is 27.4 Å². The normalized spacial score (nSPS) is 9.81. The lowest BCUT2D eigenvalue weighted by molar-refractivity contribution is -0.146.